The number of carbonyl (C=O) groups excluding carboxylic acids is 1. The lowest BCUT2D eigenvalue weighted by molar-refractivity contribution is 0.0779. The standard InChI is InChI=1S/C18H23N3O3S/c1-14-7-3-4-8-15(14)13-20(2)18(22)17-11-16(12-19-17)25(23,24)21-9-5-6-10-21/h3-4,7-8,11-12,19H,5-6,9-10,13H2,1-2H3. The molecule has 2 aromatic rings. The summed E-state index contributed by atoms with van der Waals surface area (Å²) in [5, 5.41) is 0. The van der Waals surface area contributed by atoms with E-state index in [1.807, 2.05) is 31.2 Å². The second kappa shape index (κ2) is 7.01. The largest absolute Gasteiger partial charge is 0.356 e. The van der Waals surface area contributed by atoms with Crippen LogP contribution in [0.2, 0.25) is 0 Å². The molecule has 134 valence electrons. The van der Waals surface area contributed by atoms with Crippen LogP contribution in [0.25, 0.3) is 0 Å². The van der Waals surface area contributed by atoms with E-state index in [-0.39, 0.29) is 16.5 Å². The molecule has 6 nitrogen and oxygen atoms in total. The molecule has 0 atom stereocenters. The van der Waals surface area contributed by atoms with Crippen LogP contribution in [0.3, 0.4) is 0 Å². The number of carbonyl (C=O) groups is 1. The van der Waals surface area contributed by atoms with Gasteiger partial charge in [0, 0.05) is 32.9 Å². The average Bonchev–Trinajstić information content (AvgIpc) is 3.28. The molecule has 1 aromatic heterocycles. The van der Waals surface area contributed by atoms with Crippen molar-refractivity contribution in [2.24, 2.45) is 0 Å². The molecule has 0 radical (unpaired) electrons. The second-order valence-corrected chi connectivity index (χ2v) is 8.39. The number of hydrogen-bond acceptors (Lipinski definition) is 3. The van der Waals surface area contributed by atoms with Gasteiger partial charge in [0.2, 0.25) is 10.0 Å². The Hall–Kier alpha value is -2.12. The van der Waals surface area contributed by atoms with Crippen LogP contribution in [0.5, 0.6) is 0 Å². The Morgan fingerprint density at radius 2 is 1.92 bits per heavy atom. The van der Waals surface area contributed by atoms with E-state index in [0.29, 0.717) is 19.6 Å². The SMILES string of the molecule is Cc1ccccc1CN(C)C(=O)c1cc(S(=O)(=O)N2CCCC2)c[nH]1. The third-order valence-electron chi connectivity index (χ3n) is 4.61. The lowest BCUT2D eigenvalue weighted by Gasteiger charge is -2.17. The molecule has 0 bridgehead atoms. The van der Waals surface area contributed by atoms with Crippen molar-refractivity contribution < 1.29 is 13.2 Å². The molecule has 1 saturated heterocycles. The number of nitrogens with zero attached hydrogens (tertiary/aromatic N) is 2. The summed E-state index contributed by atoms with van der Waals surface area (Å²) in [6.45, 7) is 3.57. The van der Waals surface area contributed by atoms with Crippen molar-refractivity contribution in [3.05, 3.63) is 53.3 Å². The number of aryl methyl sites for hydroxylation is 1. The van der Waals surface area contributed by atoms with Gasteiger partial charge in [-0.1, -0.05) is 24.3 Å². The van der Waals surface area contributed by atoms with E-state index < -0.39 is 10.0 Å². The molecule has 1 aliphatic rings. The van der Waals surface area contributed by atoms with Gasteiger partial charge in [0.1, 0.15) is 10.6 Å². The predicted octanol–water partition coefficient (Wildman–Crippen LogP) is 2.38. The van der Waals surface area contributed by atoms with Crippen LogP contribution in [0.1, 0.15) is 34.5 Å². The number of sulfonamides is 1. The van der Waals surface area contributed by atoms with E-state index in [1.165, 1.54) is 16.6 Å². The Labute approximate surface area is 148 Å². The maximum absolute atomic E-state index is 12.6. The maximum atomic E-state index is 12.6. The van der Waals surface area contributed by atoms with Crippen LogP contribution < -0.4 is 0 Å². The highest BCUT2D eigenvalue weighted by Gasteiger charge is 2.29. The molecule has 0 unspecified atom stereocenters. The number of benzene rings is 1. The molecule has 3 rings (SSSR count). The van der Waals surface area contributed by atoms with Crippen molar-refractivity contribution in [1.29, 1.82) is 0 Å². The predicted molar refractivity (Wildman–Crippen MR) is 95.8 cm³/mol. The zero-order chi connectivity index (χ0) is 18.0. The summed E-state index contributed by atoms with van der Waals surface area (Å²) < 4.78 is 26.6. The second-order valence-electron chi connectivity index (χ2n) is 6.45. The molecular weight excluding hydrogens is 338 g/mol. The monoisotopic (exact) mass is 361 g/mol. The summed E-state index contributed by atoms with van der Waals surface area (Å²) in [4.78, 5) is 17.2. The van der Waals surface area contributed by atoms with E-state index in [0.717, 1.165) is 24.0 Å². The van der Waals surface area contributed by atoms with Gasteiger partial charge in [-0.2, -0.15) is 4.31 Å². The van der Waals surface area contributed by atoms with Crippen molar-refractivity contribution in [2.45, 2.75) is 31.2 Å². The fraction of sp³-hybridized carbons (Fsp3) is 0.389. The van der Waals surface area contributed by atoms with Crippen LogP contribution >= 0.6 is 0 Å². The summed E-state index contributed by atoms with van der Waals surface area (Å²) in [6.07, 6.45) is 3.17. The first-order valence-corrected chi connectivity index (χ1v) is 9.82. The number of hydrogen-bond donors (Lipinski definition) is 1. The molecule has 1 amide bonds. The topological polar surface area (TPSA) is 73.5 Å². The number of amides is 1. The molecule has 0 aliphatic carbocycles. The normalized spacial score (nSPS) is 15.4. The Bertz CT molecular complexity index is 867. The molecule has 0 saturated carbocycles. The minimum Gasteiger partial charge on any atom is -0.356 e. The van der Waals surface area contributed by atoms with Crippen LogP contribution in [0.15, 0.2) is 41.4 Å². The molecule has 1 aliphatic heterocycles. The first-order valence-electron chi connectivity index (χ1n) is 8.38. The highest BCUT2D eigenvalue weighted by Crippen LogP contribution is 2.22. The smallest absolute Gasteiger partial charge is 0.270 e. The van der Waals surface area contributed by atoms with Gasteiger partial charge in [-0.25, -0.2) is 8.42 Å². The highest BCUT2D eigenvalue weighted by molar-refractivity contribution is 7.89. The zero-order valence-corrected chi connectivity index (χ0v) is 15.3. The van der Waals surface area contributed by atoms with Crippen molar-refractivity contribution >= 4 is 15.9 Å². The van der Waals surface area contributed by atoms with Crippen molar-refractivity contribution in [3.63, 3.8) is 0 Å². The zero-order valence-electron chi connectivity index (χ0n) is 14.5. The molecule has 2 heterocycles. The van der Waals surface area contributed by atoms with Gasteiger partial charge < -0.3 is 9.88 Å². The lowest BCUT2D eigenvalue weighted by Crippen LogP contribution is -2.28. The Balaban J connectivity index is 1.75. The number of aromatic nitrogens is 1. The van der Waals surface area contributed by atoms with Crippen molar-refractivity contribution in [3.8, 4) is 0 Å². The fourth-order valence-electron chi connectivity index (χ4n) is 3.04. The van der Waals surface area contributed by atoms with E-state index in [2.05, 4.69) is 4.98 Å². The summed E-state index contributed by atoms with van der Waals surface area (Å²) in [7, 11) is -1.80. The fourth-order valence-corrected chi connectivity index (χ4v) is 4.56. The van der Waals surface area contributed by atoms with E-state index in [9.17, 15) is 13.2 Å². The average molecular weight is 361 g/mol. The van der Waals surface area contributed by atoms with E-state index in [4.69, 9.17) is 0 Å². The van der Waals surface area contributed by atoms with E-state index in [1.54, 1.807) is 11.9 Å². The molecule has 7 heteroatoms. The quantitative estimate of drug-likeness (QED) is 0.889. The van der Waals surface area contributed by atoms with Gasteiger partial charge in [0.25, 0.3) is 5.91 Å². The van der Waals surface area contributed by atoms with Gasteiger partial charge in [0.05, 0.1) is 0 Å². The van der Waals surface area contributed by atoms with Crippen molar-refractivity contribution in [1.82, 2.24) is 14.2 Å². The van der Waals surface area contributed by atoms with Gasteiger partial charge in [-0.05, 0) is 37.0 Å². The van der Waals surface area contributed by atoms with Crippen LogP contribution in [-0.4, -0.2) is 48.7 Å². The molecule has 1 aromatic carbocycles. The third-order valence-corrected chi connectivity index (χ3v) is 6.48. The number of nitrogens with one attached hydrogen (secondary N) is 1. The minimum absolute atomic E-state index is 0.155. The number of rotatable bonds is 5. The minimum atomic E-state index is -3.51. The van der Waals surface area contributed by atoms with Crippen LogP contribution in [0.4, 0.5) is 0 Å². The lowest BCUT2D eigenvalue weighted by atomic mass is 10.1. The maximum Gasteiger partial charge on any atom is 0.270 e. The van der Waals surface area contributed by atoms with Gasteiger partial charge in [0.15, 0.2) is 0 Å². The summed E-state index contributed by atoms with van der Waals surface area (Å²) >= 11 is 0. The first kappa shape index (κ1) is 17.7. The van der Waals surface area contributed by atoms with Gasteiger partial charge in [-0.15, -0.1) is 0 Å². The third kappa shape index (κ3) is 3.62. The highest BCUT2D eigenvalue weighted by atomic mass is 32.2. The summed E-state index contributed by atoms with van der Waals surface area (Å²) in [5.74, 6) is -0.230. The number of aromatic amines is 1. The Kier molecular flexibility index (Phi) is 4.96. The Morgan fingerprint density at radius 1 is 1.24 bits per heavy atom. The van der Waals surface area contributed by atoms with E-state index >= 15 is 0 Å². The summed E-state index contributed by atoms with van der Waals surface area (Å²) in [5.41, 5.74) is 2.47. The first-order chi connectivity index (χ1) is 11.9. The molecular formula is C18H23N3O3S. The van der Waals surface area contributed by atoms with Crippen molar-refractivity contribution in [2.75, 3.05) is 20.1 Å². The Morgan fingerprint density at radius 3 is 2.60 bits per heavy atom. The van der Waals surface area contributed by atoms with Gasteiger partial charge >= 0.3 is 0 Å². The van der Waals surface area contributed by atoms with Crippen LogP contribution in [0, 0.1) is 6.92 Å². The number of H-pyrrole nitrogens is 1. The summed E-state index contributed by atoms with van der Waals surface area (Å²) in [6, 6.07) is 9.32. The molecule has 1 N–H and O–H groups in total. The molecule has 25 heavy (non-hydrogen) atoms. The molecule has 1 fully saturated rings. The van der Waals surface area contributed by atoms with Gasteiger partial charge in [-0.3, -0.25) is 4.79 Å². The molecule has 0 spiro atoms. The van der Waals surface area contributed by atoms with Crippen LogP contribution in [-0.2, 0) is 16.6 Å².